The molecule has 1 heterocycles. The first-order valence-corrected chi connectivity index (χ1v) is 8.58. The summed E-state index contributed by atoms with van der Waals surface area (Å²) in [5, 5.41) is 9.20. The van der Waals surface area contributed by atoms with Gasteiger partial charge in [-0.1, -0.05) is 0 Å². The zero-order valence-corrected chi connectivity index (χ0v) is 13.0. The van der Waals surface area contributed by atoms with Crippen molar-refractivity contribution in [3.8, 4) is 0 Å². The van der Waals surface area contributed by atoms with Gasteiger partial charge in [0.05, 0.1) is 25.5 Å². The molecule has 2 atom stereocenters. The van der Waals surface area contributed by atoms with E-state index in [1.807, 2.05) is 0 Å². The Morgan fingerprint density at radius 3 is 2.52 bits per heavy atom. The number of piperidine rings is 1. The molecule has 0 spiro atoms. The predicted octanol–water partition coefficient (Wildman–Crippen LogP) is 0.817. The Morgan fingerprint density at radius 1 is 1.33 bits per heavy atom. The first kappa shape index (κ1) is 17.7. The molecule has 0 aromatic heterocycles. The van der Waals surface area contributed by atoms with Crippen LogP contribution < -0.4 is 0 Å². The normalized spacial score (nSPS) is 22.9. The van der Waals surface area contributed by atoms with Crippen molar-refractivity contribution in [1.82, 2.24) is 4.90 Å². The number of ether oxygens (including phenoxy) is 1. The highest BCUT2D eigenvalue weighted by Crippen LogP contribution is 2.24. The first-order chi connectivity index (χ1) is 9.73. The molecule has 2 unspecified atom stereocenters. The van der Waals surface area contributed by atoms with Crippen LogP contribution in [0.4, 0.5) is 4.79 Å². The van der Waals surface area contributed by atoms with Crippen molar-refractivity contribution in [2.75, 3.05) is 19.4 Å². The molecule has 9 heteroatoms. The van der Waals surface area contributed by atoms with Gasteiger partial charge in [0, 0.05) is 12.5 Å². The molecule has 8 nitrogen and oxygen atoms in total. The Morgan fingerprint density at radius 2 is 2.00 bits per heavy atom. The number of likely N-dealkylation sites (tertiary alicyclic amines) is 1. The van der Waals surface area contributed by atoms with Gasteiger partial charge in [-0.3, -0.25) is 8.98 Å². The summed E-state index contributed by atoms with van der Waals surface area (Å²) in [5.74, 6) is -0.364. The number of carbonyl (C=O) groups excluding carboxylic acids is 1. The van der Waals surface area contributed by atoms with Crippen LogP contribution in [-0.2, 0) is 23.8 Å². The maximum Gasteiger partial charge on any atom is 0.407 e. The van der Waals surface area contributed by atoms with Gasteiger partial charge in [0.15, 0.2) is 0 Å². The smallest absolute Gasteiger partial charge is 0.407 e. The SMILES string of the molecule is CCOC(=O)CCC1CCC(OS(C)(=O)=O)CN1C(=O)O. The van der Waals surface area contributed by atoms with Gasteiger partial charge in [0.2, 0.25) is 0 Å². The van der Waals surface area contributed by atoms with E-state index < -0.39 is 22.3 Å². The number of carbonyl (C=O) groups is 2. The van der Waals surface area contributed by atoms with Gasteiger partial charge in [-0.05, 0) is 26.2 Å². The predicted molar refractivity (Wildman–Crippen MR) is 73.3 cm³/mol. The molecule has 0 aromatic rings. The Labute approximate surface area is 124 Å². The lowest BCUT2D eigenvalue weighted by Gasteiger charge is -2.37. The molecule has 1 amide bonds. The number of esters is 1. The van der Waals surface area contributed by atoms with E-state index in [-0.39, 0.29) is 31.6 Å². The summed E-state index contributed by atoms with van der Waals surface area (Å²) in [4.78, 5) is 23.7. The number of nitrogens with zero attached hydrogens (tertiary/aromatic N) is 1. The van der Waals surface area contributed by atoms with Crippen LogP contribution in [0.5, 0.6) is 0 Å². The van der Waals surface area contributed by atoms with Gasteiger partial charge in [-0.25, -0.2) is 4.79 Å². The van der Waals surface area contributed by atoms with Crippen molar-refractivity contribution in [2.24, 2.45) is 0 Å². The van der Waals surface area contributed by atoms with Crippen LogP contribution in [0.1, 0.15) is 32.6 Å². The molecule has 0 aromatic carbocycles. The zero-order chi connectivity index (χ0) is 16.0. The van der Waals surface area contributed by atoms with Crippen molar-refractivity contribution in [3.63, 3.8) is 0 Å². The summed E-state index contributed by atoms with van der Waals surface area (Å²) in [7, 11) is -3.62. The van der Waals surface area contributed by atoms with Crippen LogP contribution >= 0.6 is 0 Å². The molecule has 0 radical (unpaired) electrons. The Hall–Kier alpha value is -1.35. The lowest BCUT2D eigenvalue weighted by molar-refractivity contribution is -0.143. The van der Waals surface area contributed by atoms with E-state index >= 15 is 0 Å². The summed E-state index contributed by atoms with van der Waals surface area (Å²) in [6.07, 6.45) is 0.498. The van der Waals surface area contributed by atoms with Gasteiger partial charge in [-0.2, -0.15) is 8.42 Å². The van der Waals surface area contributed by atoms with Gasteiger partial charge < -0.3 is 14.7 Å². The van der Waals surface area contributed by atoms with E-state index in [1.165, 1.54) is 0 Å². The maximum absolute atomic E-state index is 11.3. The quantitative estimate of drug-likeness (QED) is 0.569. The Balaban J connectivity index is 2.58. The minimum absolute atomic E-state index is 0.0180. The number of hydrogen-bond acceptors (Lipinski definition) is 6. The van der Waals surface area contributed by atoms with E-state index in [4.69, 9.17) is 8.92 Å². The second-order valence-electron chi connectivity index (χ2n) is 4.93. The number of hydrogen-bond donors (Lipinski definition) is 1. The third kappa shape index (κ3) is 6.30. The highest BCUT2D eigenvalue weighted by molar-refractivity contribution is 7.86. The molecular weight excluding hydrogens is 302 g/mol. The maximum atomic E-state index is 11.3. The van der Waals surface area contributed by atoms with Crippen LogP contribution in [-0.4, -0.2) is 62.0 Å². The van der Waals surface area contributed by atoms with E-state index in [1.54, 1.807) is 6.92 Å². The zero-order valence-electron chi connectivity index (χ0n) is 12.1. The van der Waals surface area contributed by atoms with E-state index in [0.717, 1.165) is 11.2 Å². The second kappa shape index (κ2) is 7.60. The fraction of sp³-hybridized carbons (Fsp3) is 0.833. The van der Waals surface area contributed by atoms with Crippen LogP contribution in [0.15, 0.2) is 0 Å². The molecular formula is C12H21NO7S. The fourth-order valence-electron chi connectivity index (χ4n) is 2.37. The van der Waals surface area contributed by atoms with Crippen molar-refractivity contribution in [2.45, 2.75) is 44.8 Å². The highest BCUT2D eigenvalue weighted by atomic mass is 32.2. The van der Waals surface area contributed by atoms with Crippen LogP contribution in [0, 0.1) is 0 Å². The third-order valence-electron chi connectivity index (χ3n) is 3.21. The lowest BCUT2D eigenvalue weighted by atomic mass is 9.97. The Kier molecular flexibility index (Phi) is 6.41. The van der Waals surface area contributed by atoms with Crippen LogP contribution in [0.2, 0.25) is 0 Å². The number of rotatable bonds is 6. The Bertz CT molecular complexity index is 476. The molecule has 122 valence electrons. The largest absolute Gasteiger partial charge is 0.466 e. The molecule has 0 aliphatic carbocycles. The van der Waals surface area contributed by atoms with E-state index in [9.17, 15) is 23.1 Å². The topological polar surface area (TPSA) is 110 Å². The molecule has 1 aliphatic rings. The molecule has 0 saturated carbocycles. The molecule has 1 fully saturated rings. The van der Waals surface area contributed by atoms with E-state index in [0.29, 0.717) is 19.3 Å². The average Bonchev–Trinajstić information content (AvgIpc) is 2.35. The second-order valence-corrected chi connectivity index (χ2v) is 6.53. The molecule has 1 saturated heterocycles. The monoisotopic (exact) mass is 323 g/mol. The molecule has 1 rings (SSSR count). The summed E-state index contributed by atoms with van der Waals surface area (Å²) >= 11 is 0. The first-order valence-electron chi connectivity index (χ1n) is 6.76. The fourth-order valence-corrected chi connectivity index (χ4v) is 3.02. The minimum Gasteiger partial charge on any atom is -0.466 e. The van der Waals surface area contributed by atoms with Gasteiger partial charge in [0.1, 0.15) is 0 Å². The van der Waals surface area contributed by atoms with Gasteiger partial charge >= 0.3 is 12.1 Å². The molecule has 1 aliphatic heterocycles. The lowest BCUT2D eigenvalue weighted by Crippen LogP contribution is -2.49. The van der Waals surface area contributed by atoms with Crippen LogP contribution in [0.25, 0.3) is 0 Å². The third-order valence-corrected chi connectivity index (χ3v) is 3.83. The van der Waals surface area contributed by atoms with Gasteiger partial charge in [0.25, 0.3) is 10.1 Å². The highest BCUT2D eigenvalue weighted by Gasteiger charge is 2.33. The van der Waals surface area contributed by atoms with Crippen molar-refractivity contribution >= 4 is 22.2 Å². The summed E-state index contributed by atoms with van der Waals surface area (Å²) in [6, 6.07) is -0.327. The van der Waals surface area contributed by atoms with Crippen molar-refractivity contribution in [1.29, 1.82) is 0 Å². The standard InChI is InChI=1S/C12H21NO7S/c1-3-19-11(14)7-5-9-4-6-10(20-21(2,17)18)8-13(9)12(15)16/h9-10H,3-8H2,1-2H3,(H,15,16). The minimum atomic E-state index is -3.62. The van der Waals surface area contributed by atoms with Crippen molar-refractivity contribution in [3.05, 3.63) is 0 Å². The van der Waals surface area contributed by atoms with Gasteiger partial charge in [-0.15, -0.1) is 0 Å². The molecule has 0 bridgehead atoms. The summed E-state index contributed by atoms with van der Waals surface area (Å²) < 4.78 is 31.8. The molecule has 1 N–H and O–H groups in total. The number of carboxylic acid groups (broad SMARTS) is 1. The summed E-state index contributed by atoms with van der Waals surface area (Å²) in [6.45, 7) is 1.97. The van der Waals surface area contributed by atoms with E-state index in [2.05, 4.69) is 0 Å². The summed E-state index contributed by atoms with van der Waals surface area (Å²) in [5.41, 5.74) is 0. The van der Waals surface area contributed by atoms with Crippen molar-refractivity contribution < 1.29 is 32.0 Å². The number of amides is 1. The van der Waals surface area contributed by atoms with Crippen LogP contribution in [0.3, 0.4) is 0 Å². The average molecular weight is 323 g/mol. The molecule has 21 heavy (non-hydrogen) atoms.